The van der Waals surface area contributed by atoms with Crippen LogP contribution in [0.5, 0.6) is 0 Å². The minimum atomic E-state index is -2.34. The van der Waals surface area contributed by atoms with Gasteiger partial charge in [-0.1, -0.05) is 13.8 Å². The predicted octanol–water partition coefficient (Wildman–Crippen LogP) is 0.954. The Morgan fingerprint density at radius 2 is 1.70 bits per heavy atom. The van der Waals surface area contributed by atoms with Gasteiger partial charge in [-0.05, 0) is 13.1 Å². The molecule has 0 bridgehead atoms. The lowest BCUT2D eigenvalue weighted by atomic mass is 10.6. The Labute approximate surface area is 63.8 Å². The molecule has 0 aliphatic heterocycles. The first-order valence-corrected chi connectivity index (χ1v) is 6.51. The van der Waals surface area contributed by atoms with Crippen molar-refractivity contribution in [2.75, 3.05) is 13.1 Å². The van der Waals surface area contributed by atoms with E-state index in [1.54, 1.807) is 18.2 Å². The Balaban J connectivity index is 3.63. The Hall–Kier alpha value is 0.0969. The molecule has 0 aliphatic rings. The second kappa shape index (κ2) is 4.08. The Morgan fingerprint density at radius 3 is 1.80 bits per heavy atom. The highest BCUT2D eigenvalue weighted by molar-refractivity contribution is 6.62. The lowest BCUT2D eigenvalue weighted by Crippen LogP contribution is -2.39. The second-order valence-electron chi connectivity index (χ2n) is 2.65. The van der Waals surface area contributed by atoms with E-state index in [1.807, 2.05) is 13.8 Å². The van der Waals surface area contributed by atoms with E-state index in [0.717, 1.165) is 13.1 Å². The van der Waals surface area contributed by atoms with Crippen LogP contribution in [0.15, 0.2) is 0 Å². The van der Waals surface area contributed by atoms with Crippen LogP contribution in [0.1, 0.15) is 13.8 Å². The van der Waals surface area contributed by atoms with Gasteiger partial charge >= 0.3 is 8.56 Å². The van der Waals surface area contributed by atoms with Gasteiger partial charge in [0.05, 0.1) is 0 Å². The van der Waals surface area contributed by atoms with Gasteiger partial charge in [0, 0.05) is 13.1 Å². The molecule has 0 saturated carbocycles. The van der Waals surface area contributed by atoms with Crippen LogP contribution in [0.4, 0.5) is 0 Å². The van der Waals surface area contributed by atoms with Gasteiger partial charge in [-0.25, -0.2) is 0 Å². The summed E-state index contributed by atoms with van der Waals surface area (Å²) in [5.74, 6) is 0. The minimum Gasteiger partial charge on any atom is -0.410 e. The van der Waals surface area contributed by atoms with Crippen molar-refractivity contribution < 1.29 is 9.32 Å². The lowest BCUT2D eigenvalue weighted by molar-refractivity contribution is -0.0758. The molecular weight excluding hydrogens is 146 g/mol. The normalized spacial score (nSPS) is 12.6. The average molecular weight is 163 g/mol. The van der Waals surface area contributed by atoms with Gasteiger partial charge in [0.1, 0.15) is 0 Å². The molecule has 4 heteroatoms. The molecule has 0 amide bonds. The summed E-state index contributed by atoms with van der Waals surface area (Å²) in [5, 5.41) is 1.77. The molecule has 10 heavy (non-hydrogen) atoms. The molecule has 0 unspecified atom stereocenters. The smallest absolute Gasteiger partial charge is 0.349 e. The van der Waals surface area contributed by atoms with Gasteiger partial charge in [0.15, 0.2) is 0 Å². The maximum Gasteiger partial charge on any atom is 0.349 e. The van der Waals surface area contributed by atoms with E-state index < -0.39 is 8.56 Å². The summed E-state index contributed by atoms with van der Waals surface area (Å²) in [6.07, 6.45) is 0. The highest BCUT2D eigenvalue weighted by Gasteiger charge is 2.21. The summed E-state index contributed by atoms with van der Waals surface area (Å²) in [6, 6.07) is 0. The number of hydroxylamine groups is 2. The van der Waals surface area contributed by atoms with E-state index in [1.165, 1.54) is 0 Å². The zero-order chi connectivity index (χ0) is 8.20. The first-order chi connectivity index (χ1) is 4.49. The fourth-order valence-electron chi connectivity index (χ4n) is 0.669. The number of hydrogen-bond donors (Lipinski definition) is 1. The molecule has 62 valence electrons. The summed E-state index contributed by atoms with van der Waals surface area (Å²) >= 11 is 0. The maximum absolute atomic E-state index is 9.33. The van der Waals surface area contributed by atoms with Crippen LogP contribution in [-0.4, -0.2) is 31.5 Å². The molecular formula is C6H17NO2Si. The standard InChI is InChI=1S/C6H17NO2Si/c1-5-7(6-2)9-10(3,4)8/h8H,5-6H2,1-4H3. The predicted molar refractivity (Wildman–Crippen MR) is 43.7 cm³/mol. The lowest BCUT2D eigenvalue weighted by Gasteiger charge is -2.24. The summed E-state index contributed by atoms with van der Waals surface area (Å²) in [6.45, 7) is 9.17. The van der Waals surface area contributed by atoms with E-state index in [9.17, 15) is 4.80 Å². The zero-order valence-corrected chi connectivity index (χ0v) is 8.22. The third-order valence-corrected chi connectivity index (χ3v) is 1.76. The maximum atomic E-state index is 9.33. The quantitative estimate of drug-likeness (QED) is 0.495. The molecule has 1 N–H and O–H groups in total. The van der Waals surface area contributed by atoms with Crippen molar-refractivity contribution in [1.82, 2.24) is 5.06 Å². The van der Waals surface area contributed by atoms with Gasteiger partial charge in [0.25, 0.3) is 0 Å². The van der Waals surface area contributed by atoms with E-state index in [0.29, 0.717) is 0 Å². The summed E-state index contributed by atoms with van der Waals surface area (Å²) < 4.78 is 5.26. The molecule has 0 aromatic rings. The van der Waals surface area contributed by atoms with Crippen LogP contribution in [0.2, 0.25) is 13.1 Å². The highest BCUT2D eigenvalue weighted by atomic mass is 28.4. The Bertz CT molecular complexity index is 88.2. The molecule has 0 aromatic carbocycles. The monoisotopic (exact) mass is 163 g/mol. The summed E-state index contributed by atoms with van der Waals surface area (Å²) in [5.41, 5.74) is 0. The van der Waals surface area contributed by atoms with Crippen molar-refractivity contribution in [2.24, 2.45) is 0 Å². The van der Waals surface area contributed by atoms with Gasteiger partial charge < -0.3 is 9.32 Å². The van der Waals surface area contributed by atoms with Crippen LogP contribution >= 0.6 is 0 Å². The van der Waals surface area contributed by atoms with Crippen LogP contribution in [0, 0.1) is 0 Å². The van der Waals surface area contributed by atoms with Gasteiger partial charge in [-0.15, -0.1) is 0 Å². The molecule has 3 nitrogen and oxygen atoms in total. The number of rotatable bonds is 4. The molecule has 0 atom stereocenters. The van der Waals surface area contributed by atoms with E-state index in [-0.39, 0.29) is 0 Å². The zero-order valence-electron chi connectivity index (χ0n) is 7.22. The van der Waals surface area contributed by atoms with Crippen LogP contribution in [0.25, 0.3) is 0 Å². The van der Waals surface area contributed by atoms with E-state index in [2.05, 4.69) is 0 Å². The van der Waals surface area contributed by atoms with Gasteiger partial charge in [-0.2, -0.15) is 5.06 Å². The average Bonchev–Trinajstić information content (AvgIpc) is 1.81. The molecule has 0 aromatic heterocycles. The van der Waals surface area contributed by atoms with Crippen molar-refractivity contribution >= 4 is 8.56 Å². The summed E-state index contributed by atoms with van der Waals surface area (Å²) in [4.78, 5) is 9.33. The molecule has 0 saturated heterocycles. The fraction of sp³-hybridized carbons (Fsp3) is 1.00. The van der Waals surface area contributed by atoms with Crippen LogP contribution in [0.3, 0.4) is 0 Å². The minimum absolute atomic E-state index is 0.827. The molecule has 0 heterocycles. The topological polar surface area (TPSA) is 32.7 Å². The van der Waals surface area contributed by atoms with Crippen molar-refractivity contribution in [2.45, 2.75) is 26.9 Å². The van der Waals surface area contributed by atoms with Gasteiger partial charge in [-0.3, -0.25) is 0 Å². The van der Waals surface area contributed by atoms with E-state index in [4.69, 9.17) is 4.53 Å². The largest absolute Gasteiger partial charge is 0.410 e. The Kier molecular flexibility index (Phi) is 4.11. The van der Waals surface area contributed by atoms with Crippen molar-refractivity contribution in [1.29, 1.82) is 0 Å². The van der Waals surface area contributed by atoms with E-state index >= 15 is 0 Å². The number of hydrogen-bond acceptors (Lipinski definition) is 3. The molecule has 0 aliphatic carbocycles. The van der Waals surface area contributed by atoms with Crippen molar-refractivity contribution in [3.05, 3.63) is 0 Å². The Morgan fingerprint density at radius 1 is 1.30 bits per heavy atom. The molecule has 0 spiro atoms. The van der Waals surface area contributed by atoms with Crippen molar-refractivity contribution in [3.8, 4) is 0 Å². The molecule has 0 rings (SSSR count). The SMILES string of the molecule is CCN(CC)O[Si](C)(C)O. The summed E-state index contributed by atoms with van der Waals surface area (Å²) in [7, 11) is -2.34. The fourth-order valence-corrected chi connectivity index (χ4v) is 1.56. The first kappa shape index (κ1) is 10.1. The first-order valence-electron chi connectivity index (χ1n) is 3.66. The third kappa shape index (κ3) is 4.93. The number of nitrogens with zero attached hydrogens (tertiary/aromatic N) is 1. The van der Waals surface area contributed by atoms with Gasteiger partial charge in [0.2, 0.25) is 0 Å². The third-order valence-electron chi connectivity index (χ3n) is 1.06. The second-order valence-corrected chi connectivity index (χ2v) is 5.73. The molecule has 0 fully saturated rings. The molecule has 0 radical (unpaired) electrons. The van der Waals surface area contributed by atoms with Crippen LogP contribution < -0.4 is 0 Å². The van der Waals surface area contributed by atoms with Crippen molar-refractivity contribution in [3.63, 3.8) is 0 Å². The van der Waals surface area contributed by atoms with Crippen LogP contribution in [-0.2, 0) is 4.53 Å². The highest BCUT2D eigenvalue weighted by Crippen LogP contribution is 2.01.